The van der Waals surface area contributed by atoms with E-state index in [2.05, 4.69) is 17.1 Å². The second-order valence-electron chi connectivity index (χ2n) is 6.32. The maximum Gasteiger partial charge on any atom is 0.0224 e. The van der Waals surface area contributed by atoms with Crippen LogP contribution in [0.15, 0.2) is 0 Å². The standard InChI is InChI=1S/C14H26N2/c1-11-3-2-4-13(11)9-15-14-10-16-7-5-12(14)6-8-16/h11-15H,2-10H2,1H3. The van der Waals surface area contributed by atoms with E-state index in [1.807, 2.05) is 0 Å². The summed E-state index contributed by atoms with van der Waals surface area (Å²) in [5.74, 6) is 2.92. The topological polar surface area (TPSA) is 15.3 Å². The molecule has 4 fully saturated rings. The molecule has 0 aromatic heterocycles. The van der Waals surface area contributed by atoms with Crippen LogP contribution in [0.25, 0.3) is 0 Å². The lowest BCUT2D eigenvalue weighted by molar-refractivity contribution is 0.0700. The molecule has 1 saturated carbocycles. The molecule has 1 N–H and O–H groups in total. The molecule has 16 heavy (non-hydrogen) atoms. The molecule has 0 aromatic rings. The van der Waals surface area contributed by atoms with Gasteiger partial charge in [0.15, 0.2) is 0 Å². The van der Waals surface area contributed by atoms with Gasteiger partial charge in [-0.1, -0.05) is 19.8 Å². The molecule has 4 rings (SSSR count). The van der Waals surface area contributed by atoms with Crippen LogP contribution in [0.3, 0.4) is 0 Å². The van der Waals surface area contributed by atoms with E-state index < -0.39 is 0 Å². The van der Waals surface area contributed by atoms with Crippen LogP contribution < -0.4 is 5.32 Å². The molecule has 3 aliphatic heterocycles. The average Bonchev–Trinajstić information content (AvgIpc) is 2.74. The van der Waals surface area contributed by atoms with Gasteiger partial charge in [-0.2, -0.15) is 0 Å². The van der Waals surface area contributed by atoms with Crippen LogP contribution in [0.1, 0.15) is 39.0 Å². The van der Waals surface area contributed by atoms with Gasteiger partial charge in [-0.15, -0.1) is 0 Å². The highest BCUT2D eigenvalue weighted by Crippen LogP contribution is 2.32. The molecule has 0 radical (unpaired) electrons. The number of rotatable bonds is 3. The first-order valence-corrected chi connectivity index (χ1v) is 7.28. The summed E-state index contributed by atoms with van der Waals surface area (Å²) in [5.41, 5.74) is 0. The zero-order valence-corrected chi connectivity index (χ0v) is 10.6. The van der Waals surface area contributed by atoms with Crippen LogP contribution in [0.5, 0.6) is 0 Å². The van der Waals surface area contributed by atoms with Crippen LogP contribution >= 0.6 is 0 Å². The summed E-state index contributed by atoms with van der Waals surface area (Å²) in [6.45, 7) is 7.78. The first kappa shape index (κ1) is 11.0. The summed E-state index contributed by atoms with van der Waals surface area (Å²) >= 11 is 0. The van der Waals surface area contributed by atoms with E-state index in [1.165, 1.54) is 58.3 Å². The van der Waals surface area contributed by atoms with Gasteiger partial charge in [0.2, 0.25) is 0 Å². The highest BCUT2D eigenvalue weighted by molar-refractivity contribution is 4.91. The molecule has 0 spiro atoms. The summed E-state index contributed by atoms with van der Waals surface area (Å²) in [6, 6.07) is 0.815. The third-order valence-electron chi connectivity index (χ3n) is 5.34. The Morgan fingerprint density at radius 2 is 1.94 bits per heavy atom. The van der Waals surface area contributed by atoms with Gasteiger partial charge >= 0.3 is 0 Å². The van der Waals surface area contributed by atoms with Gasteiger partial charge in [0.05, 0.1) is 0 Å². The quantitative estimate of drug-likeness (QED) is 0.787. The summed E-state index contributed by atoms with van der Waals surface area (Å²) in [4.78, 5) is 2.65. The van der Waals surface area contributed by atoms with Gasteiger partial charge in [0, 0.05) is 12.6 Å². The normalized spacial score (nSPS) is 47.4. The highest BCUT2D eigenvalue weighted by Gasteiger charge is 2.34. The SMILES string of the molecule is CC1CCCC1CNC1CN2CCC1CC2. The minimum absolute atomic E-state index is 0.815. The molecule has 2 nitrogen and oxygen atoms in total. The molecule has 4 aliphatic rings. The number of fused-ring (bicyclic) bond motifs is 3. The van der Waals surface area contributed by atoms with Crippen LogP contribution in [0, 0.1) is 17.8 Å². The van der Waals surface area contributed by atoms with Gasteiger partial charge in [-0.05, 0) is 56.7 Å². The van der Waals surface area contributed by atoms with E-state index in [0.29, 0.717) is 0 Å². The lowest BCUT2D eigenvalue weighted by Gasteiger charge is -2.45. The molecular weight excluding hydrogens is 196 g/mol. The lowest BCUT2D eigenvalue weighted by atomic mass is 9.83. The maximum atomic E-state index is 3.88. The van der Waals surface area contributed by atoms with E-state index in [0.717, 1.165) is 23.8 Å². The van der Waals surface area contributed by atoms with Crippen molar-refractivity contribution in [3.8, 4) is 0 Å². The molecule has 0 aromatic carbocycles. The van der Waals surface area contributed by atoms with Crippen molar-refractivity contribution in [1.29, 1.82) is 0 Å². The predicted molar refractivity (Wildman–Crippen MR) is 67.5 cm³/mol. The maximum absolute atomic E-state index is 3.88. The van der Waals surface area contributed by atoms with Crippen molar-refractivity contribution >= 4 is 0 Å². The van der Waals surface area contributed by atoms with E-state index >= 15 is 0 Å². The summed E-state index contributed by atoms with van der Waals surface area (Å²) < 4.78 is 0. The van der Waals surface area contributed by atoms with Crippen LogP contribution in [-0.2, 0) is 0 Å². The zero-order chi connectivity index (χ0) is 11.0. The van der Waals surface area contributed by atoms with Crippen molar-refractivity contribution in [1.82, 2.24) is 10.2 Å². The Morgan fingerprint density at radius 3 is 2.50 bits per heavy atom. The van der Waals surface area contributed by atoms with Crippen LogP contribution in [0.2, 0.25) is 0 Å². The van der Waals surface area contributed by atoms with Gasteiger partial charge in [-0.25, -0.2) is 0 Å². The van der Waals surface area contributed by atoms with Crippen LogP contribution in [-0.4, -0.2) is 37.1 Å². The third kappa shape index (κ3) is 2.14. The third-order valence-corrected chi connectivity index (χ3v) is 5.34. The molecule has 1 aliphatic carbocycles. The number of nitrogens with one attached hydrogen (secondary N) is 1. The largest absolute Gasteiger partial charge is 0.312 e. The Kier molecular flexibility index (Phi) is 3.21. The Hall–Kier alpha value is -0.0800. The van der Waals surface area contributed by atoms with E-state index in [9.17, 15) is 0 Å². The number of hydrogen-bond acceptors (Lipinski definition) is 2. The lowest BCUT2D eigenvalue weighted by Crippen LogP contribution is -2.56. The molecular formula is C14H26N2. The minimum atomic E-state index is 0.815. The Morgan fingerprint density at radius 1 is 1.12 bits per heavy atom. The Balaban J connectivity index is 1.48. The fourth-order valence-electron chi connectivity index (χ4n) is 4.02. The molecule has 3 atom stereocenters. The first-order chi connectivity index (χ1) is 7.83. The van der Waals surface area contributed by atoms with Crippen molar-refractivity contribution in [2.45, 2.75) is 45.1 Å². The summed E-state index contributed by atoms with van der Waals surface area (Å²) in [7, 11) is 0. The van der Waals surface area contributed by atoms with Gasteiger partial charge in [-0.3, -0.25) is 0 Å². The molecule has 3 heterocycles. The van der Waals surface area contributed by atoms with Crippen LogP contribution in [0.4, 0.5) is 0 Å². The Labute approximate surface area is 99.8 Å². The van der Waals surface area contributed by atoms with E-state index in [-0.39, 0.29) is 0 Å². The fraction of sp³-hybridized carbons (Fsp3) is 1.00. The van der Waals surface area contributed by atoms with Crippen molar-refractivity contribution in [3.63, 3.8) is 0 Å². The smallest absolute Gasteiger partial charge is 0.0224 e. The highest BCUT2D eigenvalue weighted by atomic mass is 15.2. The minimum Gasteiger partial charge on any atom is -0.312 e. The average molecular weight is 222 g/mol. The van der Waals surface area contributed by atoms with Crippen molar-refractivity contribution in [2.75, 3.05) is 26.2 Å². The Bertz CT molecular complexity index is 233. The molecule has 2 bridgehead atoms. The molecule has 3 unspecified atom stereocenters. The van der Waals surface area contributed by atoms with Gasteiger partial charge in [0.25, 0.3) is 0 Å². The zero-order valence-electron chi connectivity index (χ0n) is 10.6. The second kappa shape index (κ2) is 4.66. The molecule has 3 saturated heterocycles. The molecule has 2 heteroatoms. The molecule has 0 amide bonds. The fourth-order valence-corrected chi connectivity index (χ4v) is 4.02. The van der Waals surface area contributed by atoms with Crippen molar-refractivity contribution < 1.29 is 0 Å². The van der Waals surface area contributed by atoms with E-state index in [4.69, 9.17) is 0 Å². The first-order valence-electron chi connectivity index (χ1n) is 7.28. The monoisotopic (exact) mass is 222 g/mol. The second-order valence-corrected chi connectivity index (χ2v) is 6.32. The molecule has 92 valence electrons. The summed E-state index contributed by atoms with van der Waals surface area (Å²) in [5, 5.41) is 3.88. The van der Waals surface area contributed by atoms with Gasteiger partial charge < -0.3 is 10.2 Å². The van der Waals surface area contributed by atoms with Crippen molar-refractivity contribution in [2.24, 2.45) is 17.8 Å². The number of nitrogens with zero attached hydrogens (tertiary/aromatic N) is 1. The van der Waals surface area contributed by atoms with Gasteiger partial charge in [0.1, 0.15) is 0 Å². The number of piperidine rings is 3. The predicted octanol–water partition coefficient (Wildman–Crippen LogP) is 2.11. The summed E-state index contributed by atoms with van der Waals surface area (Å²) in [6.07, 6.45) is 7.28. The number of hydrogen-bond donors (Lipinski definition) is 1. The van der Waals surface area contributed by atoms with Crippen molar-refractivity contribution in [3.05, 3.63) is 0 Å². The van der Waals surface area contributed by atoms with E-state index in [1.54, 1.807) is 0 Å².